The Bertz CT molecular complexity index is 796. The first kappa shape index (κ1) is 16.7. The Morgan fingerprint density at radius 2 is 2.00 bits per heavy atom. The number of nitriles is 1. The SMILES string of the molecule is C#CCOc1ccc(OC)cc1C=C(C#N)c1ccc(Br)cc1. The molecule has 0 aromatic heterocycles. The number of methoxy groups -OCH3 is 1. The first-order valence-corrected chi connectivity index (χ1v) is 7.59. The number of ether oxygens (including phenoxy) is 2. The smallest absolute Gasteiger partial charge is 0.148 e. The lowest BCUT2D eigenvalue weighted by Gasteiger charge is -2.09. The van der Waals surface area contributed by atoms with Crippen LogP contribution in [0.4, 0.5) is 0 Å². The summed E-state index contributed by atoms with van der Waals surface area (Å²) in [5.41, 5.74) is 2.08. The zero-order chi connectivity index (χ0) is 16.7. The molecule has 2 rings (SSSR count). The summed E-state index contributed by atoms with van der Waals surface area (Å²) < 4.78 is 11.7. The third-order valence-corrected chi connectivity index (χ3v) is 3.63. The summed E-state index contributed by atoms with van der Waals surface area (Å²) in [6.45, 7) is 0.160. The van der Waals surface area contributed by atoms with Crippen molar-refractivity contribution in [3.8, 4) is 29.9 Å². The summed E-state index contributed by atoms with van der Waals surface area (Å²) >= 11 is 3.38. The van der Waals surface area contributed by atoms with Gasteiger partial charge >= 0.3 is 0 Å². The summed E-state index contributed by atoms with van der Waals surface area (Å²) in [5.74, 6) is 3.72. The van der Waals surface area contributed by atoms with Crippen LogP contribution in [0.2, 0.25) is 0 Å². The van der Waals surface area contributed by atoms with Crippen molar-refractivity contribution >= 4 is 27.6 Å². The predicted molar refractivity (Wildman–Crippen MR) is 94.9 cm³/mol. The number of allylic oxidation sites excluding steroid dienone is 1. The quantitative estimate of drug-likeness (QED) is 0.442. The van der Waals surface area contributed by atoms with Crippen molar-refractivity contribution < 1.29 is 9.47 Å². The maximum atomic E-state index is 9.47. The van der Waals surface area contributed by atoms with E-state index in [0.717, 1.165) is 15.6 Å². The van der Waals surface area contributed by atoms with Gasteiger partial charge in [0.2, 0.25) is 0 Å². The predicted octanol–water partition coefficient (Wildman–Crippen LogP) is 4.53. The van der Waals surface area contributed by atoms with Gasteiger partial charge < -0.3 is 9.47 Å². The van der Waals surface area contributed by atoms with E-state index >= 15 is 0 Å². The van der Waals surface area contributed by atoms with E-state index in [0.29, 0.717) is 17.1 Å². The number of nitrogens with zero attached hydrogens (tertiary/aromatic N) is 1. The fraction of sp³-hybridized carbons (Fsp3) is 0.105. The van der Waals surface area contributed by atoms with Gasteiger partial charge in [0.15, 0.2) is 0 Å². The van der Waals surface area contributed by atoms with E-state index in [1.807, 2.05) is 30.3 Å². The maximum absolute atomic E-state index is 9.47. The second-order valence-corrected chi connectivity index (χ2v) is 5.49. The summed E-state index contributed by atoms with van der Waals surface area (Å²) in [6.07, 6.45) is 7.00. The molecular formula is C19H14BrNO2. The average molecular weight is 368 g/mol. The maximum Gasteiger partial charge on any atom is 0.148 e. The molecule has 2 aromatic rings. The van der Waals surface area contributed by atoms with E-state index in [-0.39, 0.29) is 6.61 Å². The highest BCUT2D eigenvalue weighted by molar-refractivity contribution is 9.10. The van der Waals surface area contributed by atoms with Crippen LogP contribution in [0.25, 0.3) is 11.6 Å². The fourth-order valence-corrected chi connectivity index (χ4v) is 2.25. The Balaban J connectivity index is 2.47. The molecule has 0 aliphatic heterocycles. The minimum atomic E-state index is 0.160. The van der Waals surface area contributed by atoms with Gasteiger partial charge in [-0.3, -0.25) is 0 Å². The van der Waals surface area contributed by atoms with Crippen molar-refractivity contribution in [1.29, 1.82) is 5.26 Å². The summed E-state index contributed by atoms with van der Waals surface area (Å²) in [6, 6.07) is 15.1. The van der Waals surface area contributed by atoms with Crippen molar-refractivity contribution in [2.45, 2.75) is 0 Å². The van der Waals surface area contributed by atoms with Crippen LogP contribution in [0, 0.1) is 23.7 Å². The largest absolute Gasteiger partial charge is 0.497 e. The number of halogens is 1. The third kappa shape index (κ3) is 4.39. The van der Waals surface area contributed by atoms with Gasteiger partial charge in [0.1, 0.15) is 18.1 Å². The van der Waals surface area contributed by atoms with Gasteiger partial charge in [0.05, 0.1) is 18.8 Å². The number of rotatable bonds is 5. The molecule has 0 heterocycles. The highest BCUT2D eigenvalue weighted by atomic mass is 79.9. The second kappa shape index (κ2) is 8.08. The lowest BCUT2D eigenvalue weighted by atomic mass is 10.0. The molecule has 0 fully saturated rings. The van der Waals surface area contributed by atoms with Crippen molar-refractivity contribution in [1.82, 2.24) is 0 Å². The molecule has 0 spiro atoms. The first-order chi connectivity index (χ1) is 11.2. The van der Waals surface area contributed by atoms with Crippen molar-refractivity contribution in [3.05, 3.63) is 58.1 Å². The molecule has 0 aliphatic carbocycles. The minimum Gasteiger partial charge on any atom is -0.497 e. The van der Waals surface area contributed by atoms with Gasteiger partial charge in [-0.25, -0.2) is 0 Å². The van der Waals surface area contributed by atoms with Crippen LogP contribution >= 0.6 is 15.9 Å². The Labute approximate surface area is 144 Å². The normalized spacial score (nSPS) is 10.5. The Kier molecular flexibility index (Phi) is 5.86. The van der Waals surface area contributed by atoms with Crippen molar-refractivity contribution in [2.24, 2.45) is 0 Å². The van der Waals surface area contributed by atoms with E-state index in [2.05, 4.69) is 27.9 Å². The zero-order valence-electron chi connectivity index (χ0n) is 12.5. The molecule has 23 heavy (non-hydrogen) atoms. The van der Waals surface area contributed by atoms with Crippen LogP contribution in [-0.4, -0.2) is 13.7 Å². The Morgan fingerprint density at radius 3 is 2.61 bits per heavy atom. The van der Waals surface area contributed by atoms with Gasteiger partial charge in [-0.15, -0.1) is 6.42 Å². The second-order valence-electron chi connectivity index (χ2n) is 4.57. The molecule has 114 valence electrons. The molecule has 2 aromatic carbocycles. The van der Waals surface area contributed by atoms with Crippen LogP contribution < -0.4 is 9.47 Å². The van der Waals surface area contributed by atoms with Crippen molar-refractivity contribution in [3.63, 3.8) is 0 Å². The van der Waals surface area contributed by atoms with Gasteiger partial charge in [-0.05, 0) is 42.0 Å². The fourth-order valence-electron chi connectivity index (χ4n) is 1.98. The molecule has 0 bridgehead atoms. The van der Waals surface area contributed by atoms with Crippen LogP contribution in [0.1, 0.15) is 11.1 Å². The summed E-state index contributed by atoms with van der Waals surface area (Å²) in [7, 11) is 1.59. The monoisotopic (exact) mass is 367 g/mol. The third-order valence-electron chi connectivity index (χ3n) is 3.10. The van der Waals surface area contributed by atoms with Gasteiger partial charge in [-0.2, -0.15) is 5.26 Å². The molecular weight excluding hydrogens is 354 g/mol. The lowest BCUT2D eigenvalue weighted by Crippen LogP contribution is -1.96. The number of hydrogen-bond donors (Lipinski definition) is 0. The molecule has 3 nitrogen and oxygen atoms in total. The highest BCUT2D eigenvalue weighted by Crippen LogP contribution is 2.29. The first-order valence-electron chi connectivity index (χ1n) is 6.80. The van der Waals surface area contributed by atoms with Gasteiger partial charge in [0, 0.05) is 10.0 Å². The van der Waals surface area contributed by atoms with E-state index in [1.54, 1.807) is 25.3 Å². The van der Waals surface area contributed by atoms with Crippen molar-refractivity contribution in [2.75, 3.05) is 13.7 Å². The molecule has 0 saturated heterocycles. The number of benzene rings is 2. The van der Waals surface area contributed by atoms with E-state index < -0.39 is 0 Å². The minimum absolute atomic E-state index is 0.160. The van der Waals surface area contributed by atoms with Gasteiger partial charge in [-0.1, -0.05) is 34.0 Å². The summed E-state index contributed by atoms with van der Waals surface area (Å²) in [4.78, 5) is 0. The molecule has 0 radical (unpaired) electrons. The molecule has 0 amide bonds. The molecule has 0 N–H and O–H groups in total. The lowest BCUT2D eigenvalue weighted by molar-refractivity contribution is 0.367. The van der Waals surface area contributed by atoms with Crippen LogP contribution in [0.3, 0.4) is 0 Å². The molecule has 0 saturated carbocycles. The average Bonchev–Trinajstić information content (AvgIpc) is 2.59. The summed E-state index contributed by atoms with van der Waals surface area (Å²) in [5, 5.41) is 9.47. The van der Waals surface area contributed by atoms with Crippen LogP contribution in [-0.2, 0) is 0 Å². The standard InChI is InChI=1S/C19H14BrNO2/c1-3-10-23-19-9-8-18(22-2)12-15(19)11-16(13-21)14-4-6-17(20)7-5-14/h1,4-9,11-12H,10H2,2H3. The number of terminal acetylenes is 1. The van der Waals surface area contributed by atoms with Gasteiger partial charge in [0.25, 0.3) is 0 Å². The van der Waals surface area contributed by atoms with Crippen LogP contribution in [0.5, 0.6) is 11.5 Å². The Morgan fingerprint density at radius 1 is 1.26 bits per heavy atom. The Hall–Kier alpha value is -2.69. The highest BCUT2D eigenvalue weighted by Gasteiger charge is 2.07. The zero-order valence-corrected chi connectivity index (χ0v) is 14.1. The van der Waals surface area contributed by atoms with E-state index in [9.17, 15) is 5.26 Å². The molecule has 0 aliphatic rings. The molecule has 0 unspecified atom stereocenters. The van der Waals surface area contributed by atoms with E-state index in [1.165, 1.54) is 0 Å². The van der Waals surface area contributed by atoms with E-state index in [4.69, 9.17) is 15.9 Å². The molecule has 4 heteroatoms. The topological polar surface area (TPSA) is 42.2 Å². The number of hydrogen-bond acceptors (Lipinski definition) is 3. The van der Waals surface area contributed by atoms with Crippen LogP contribution in [0.15, 0.2) is 46.9 Å². The molecule has 0 atom stereocenters.